The summed E-state index contributed by atoms with van der Waals surface area (Å²) in [5, 5.41) is 0. The van der Waals surface area contributed by atoms with Gasteiger partial charge in [-0.05, 0) is 38.0 Å². The molecular weight excluding hydrogens is 268 g/mol. The monoisotopic (exact) mass is 296 g/mol. The molecule has 4 rings (SSSR count). The average Bonchev–Trinajstić information content (AvgIpc) is 2.86. The predicted molar refractivity (Wildman–Crippen MR) is 77.2 cm³/mol. The summed E-state index contributed by atoms with van der Waals surface area (Å²) >= 11 is 0. The Bertz CT molecular complexity index is 398. The van der Waals surface area contributed by atoms with E-state index in [2.05, 4.69) is 6.92 Å². The Morgan fingerprint density at radius 3 is 2.81 bits per heavy atom. The van der Waals surface area contributed by atoms with Crippen molar-refractivity contribution in [2.24, 2.45) is 17.8 Å². The molecule has 1 heterocycles. The molecule has 1 aliphatic heterocycles. The number of fused-ring (bicyclic) bond motifs is 3. The van der Waals surface area contributed by atoms with Gasteiger partial charge in [0.2, 0.25) is 11.6 Å². The van der Waals surface area contributed by atoms with E-state index < -0.39 is 11.6 Å². The maximum Gasteiger partial charge on any atom is 0.210 e. The van der Waals surface area contributed by atoms with Crippen molar-refractivity contribution >= 4 is 0 Å². The number of ether oxygens (including phenoxy) is 2. The minimum Gasteiger partial charge on any atom is -0.381 e. The first-order valence-corrected chi connectivity index (χ1v) is 8.75. The number of hydrogen-bond donors (Lipinski definition) is 0. The molecule has 0 N–H and O–H groups in total. The molecule has 4 heteroatoms. The Morgan fingerprint density at radius 1 is 1.05 bits per heavy atom. The topological polar surface area (TPSA) is 36.9 Å². The number of methoxy groups -OCH3 is 1. The van der Waals surface area contributed by atoms with E-state index in [1.54, 1.807) is 7.11 Å². The van der Waals surface area contributed by atoms with Gasteiger partial charge in [0.15, 0.2) is 0 Å². The number of hydrogen-bond acceptors (Lipinski definition) is 4. The normalized spacial score (nSPS) is 53.4. The highest BCUT2D eigenvalue weighted by Crippen LogP contribution is 2.57. The lowest BCUT2D eigenvalue weighted by molar-refractivity contribution is -0.380. The maximum atomic E-state index is 6.62. The van der Waals surface area contributed by atoms with Gasteiger partial charge in [-0.1, -0.05) is 19.8 Å². The Hall–Kier alpha value is -0.160. The first kappa shape index (κ1) is 14.4. The molecule has 2 spiro atoms. The van der Waals surface area contributed by atoms with Crippen molar-refractivity contribution in [3.8, 4) is 0 Å². The van der Waals surface area contributed by atoms with Gasteiger partial charge in [-0.3, -0.25) is 0 Å². The van der Waals surface area contributed by atoms with Crippen molar-refractivity contribution in [1.82, 2.24) is 0 Å². The third kappa shape index (κ3) is 2.26. The molecule has 21 heavy (non-hydrogen) atoms. The SMILES string of the molecule is COC1CCC[C@]2(C1)OO[C@]1(O2)C(C)CC2CCCC1C2. The molecule has 4 unspecified atom stereocenters. The van der Waals surface area contributed by atoms with Crippen LogP contribution >= 0.6 is 0 Å². The molecule has 4 nitrogen and oxygen atoms in total. The molecule has 4 aliphatic rings. The van der Waals surface area contributed by atoms with Crippen LogP contribution in [0.25, 0.3) is 0 Å². The summed E-state index contributed by atoms with van der Waals surface area (Å²) in [5.41, 5.74) is 0. The van der Waals surface area contributed by atoms with Crippen LogP contribution in [0.2, 0.25) is 0 Å². The zero-order valence-corrected chi connectivity index (χ0v) is 13.3. The van der Waals surface area contributed by atoms with Crippen molar-refractivity contribution in [3.05, 3.63) is 0 Å². The van der Waals surface area contributed by atoms with Crippen LogP contribution in [0, 0.1) is 17.8 Å². The van der Waals surface area contributed by atoms with Crippen molar-refractivity contribution in [2.45, 2.75) is 82.4 Å². The molecule has 120 valence electrons. The smallest absolute Gasteiger partial charge is 0.210 e. The minimum absolute atomic E-state index is 0.232. The molecule has 3 saturated carbocycles. The van der Waals surface area contributed by atoms with E-state index in [9.17, 15) is 0 Å². The third-order valence-electron chi connectivity index (χ3n) is 6.35. The zero-order valence-electron chi connectivity index (χ0n) is 13.3. The first-order chi connectivity index (χ1) is 10.2. The van der Waals surface area contributed by atoms with Crippen LogP contribution in [-0.2, 0) is 19.2 Å². The molecule has 0 aromatic rings. The lowest BCUT2D eigenvalue weighted by Crippen LogP contribution is -2.53. The molecule has 2 bridgehead atoms. The number of rotatable bonds is 1. The summed E-state index contributed by atoms with van der Waals surface area (Å²) in [5.74, 6) is 0.738. The lowest BCUT2D eigenvalue weighted by atomic mass is 9.64. The largest absolute Gasteiger partial charge is 0.381 e. The van der Waals surface area contributed by atoms with Crippen molar-refractivity contribution in [3.63, 3.8) is 0 Å². The first-order valence-electron chi connectivity index (χ1n) is 8.75. The Balaban J connectivity index is 1.56. The highest BCUT2D eigenvalue weighted by Gasteiger charge is 2.62. The van der Waals surface area contributed by atoms with E-state index in [0.717, 1.165) is 31.6 Å². The standard InChI is InChI=1S/C17H28O4/c1-12-9-13-5-3-6-14(10-13)17(12)19-16(20-21-17)8-4-7-15(11-16)18-2/h12-15H,3-11H2,1-2H3/t12?,13?,14?,15?,16-,17-/m1/s1. The van der Waals surface area contributed by atoms with Crippen molar-refractivity contribution in [1.29, 1.82) is 0 Å². The van der Waals surface area contributed by atoms with Crippen molar-refractivity contribution in [2.75, 3.05) is 7.11 Å². The summed E-state index contributed by atoms with van der Waals surface area (Å²) in [4.78, 5) is 11.9. The Kier molecular flexibility index (Phi) is 3.57. The fraction of sp³-hybridized carbons (Fsp3) is 1.00. The second-order valence-electron chi connectivity index (χ2n) is 7.72. The average molecular weight is 296 g/mol. The van der Waals surface area contributed by atoms with Gasteiger partial charge in [-0.15, -0.1) is 0 Å². The van der Waals surface area contributed by atoms with Gasteiger partial charge in [-0.25, -0.2) is 0 Å². The van der Waals surface area contributed by atoms with Crippen LogP contribution in [0.5, 0.6) is 0 Å². The predicted octanol–water partition coefficient (Wildman–Crippen LogP) is 3.79. The molecule has 0 radical (unpaired) electrons. The van der Waals surface area contributed by atoms with Crippen LogP contribution in [0.15, 0.2) is 0 Å². The maximum absolute atomic E-state index is 6.62. The summed E-state index contributed by atoms with van der Waals surface area (Å²) in [6, 6.07) is 0. The minimum atomic E-state index is -0.558. The van der Waals surface area contributed by atoms with Crippen LogP contribution in [-0.4, -0.2) is 24.8 Å². The summed E-state index contributed by atoms with van der Waals surface area (Å²) < 4.78 is 12.2. The fourth-order valence-electron chi connectivity index (χ4n) is 5.26. The Labute approximate surface area is 127 Å². The zero-order chi connectivity index (χ0) is 14.5. The second-order valence-corrected chi connectivity index (χ2v) is 7.72. The van der Waals surface area contributed by atoms with E-state index in [1.165, 1.54) is 32.1 Å². The van der Waals surface area contributed by atoms with Crippen LogP contribution in [0.4, 0.5) is 0 Å². The lowest BCUT2D eigenvalue weighted by Gasteiger charge is -2.49. The highest BCUT2D eigenvalue weighted by molar-refractivity contribution is 4.98. The third-order valence-corrected chi connectivity index (χ3v) is 6.35. The molecule has 1 saturated heterocycles. The molecule has 3 aliphatic carbocycles. The fourth-order valence-corrected chi connectivity index (χ4v) is 5.26. The van der Waals surface area contributed by atoms with E-state index in [0.29, 0.717) is 11.8 Å². The van der Waals surface area contributed by atoms with Gasteiger partial charge in [0.25, 0.3) is 0 Å². The van der Waals surface area contributed by atoms with Crippen molar-refractivity contribution < 1.29 is 19.2 Å². The van der Waals surface area contributed by atoms with E-state index in [-0.39, 0.29) is 6.10 Å². The molecule has 4 fully saturated rings. The summed E-state index contributed by atoms with van der Waals surface area (Å²) in [6.07, 6.45) is 10.5. The van der Waals surface area contributed by atoms with E-state index in [1.807, 2.05) is 0 Å². The summed E-state index contributed by atoms with van der Waals surface area (Å²) in [6.45, 7) is 2.28. The van der Waals surface area contributed by atoms with Gasteiger partial charge >= 0.3 is 0 Å². The van der Waals surface area contributed by atoms with Crippen LogP contribution in [0.3, 0.4) is 0 Å². The van der Waals surface area contributed by atoms with E-state index >= 15 is 0 Å². The molecular formula is C17H28O4. The van der Waals surface area contributed by atoms with Crippen LogP contribution in [0.1, 0.15) is 64.7 Å². The van der Waals surface area contributed by atoms with Crippen LogP contribution < -0.4 is 0 Å². The molecule has 6 atom stereocenters. The van der Waals surface area contributed by atoms with Gasteiger partial charge in [0.1, 0.15) is 0 Å². The quantitative estimate of drug-likeness (QED) is 0.690. The van der Waals surface area contributed by atoms with Gasteiger partial charge in [0, 0.05) is 31.8 Å². The van der Waals surface area contributed by atoms with E-state index in [4.69, 9.17) is 19.2 Å². The van der Waals surface area contributed by atoms with Gasteiger partial charge < -0.3 is 9.47 Å². The van der Waals surface area contributed by atoms with Gasteiger partial charge in [-0.2, -0.15) is 9.78 Å². The Morgan fingerprint density at radius 2 is 1.95 bits per heavy atom. The molecule has 0 aromatic heterocycles. The van der Waals surface area contributed by atoms with Gasteiger partial charge in [0.05, 0.1) is 6.10 Å². The molecule has 0 amide bonds. The highest BCUT2D eigenvalue weighted by atomic mass is 17.3. The summed E-state index contributed by atoms with van der Waals surface area (Å²) in [7, 11) is 1.78. The molecule has 0 aromatic carbocycles. The second kappa shape index (κ2) is 5.19.